The van der Waals surface area contributed by atoms with Gasteiger partial charge in [0, 0.05) is 6.04 Å². The third kappa shape index (κ3) is 2.72. The van der Waals surface area contributed by atoms with Crippen molar-refractivity contribution in [2.24, 2.45) is 0 Å². The Morgan fingerprint density at radius 2 is 2.22 bits per heavy atom. The fraction of sp³-hybridized carbons (Fsp3) is 0.538. The highest BCUT2D eigenvalue weighted by Gasteiger charge is 2.12. The molecule has 18 heavy (non-hydrogen) atoms. The Kier molecular flexibility index (Phi) is 4.01. The second-order valence-electron chi connectivity index (χ2n) is 4.71. The molecule has 2 aromatic rings. The number of unbranched alkanes of at least 4 members (excludes halogenated alkanes) is 1. The quantitative estimate of drug-likeness (QED) is 0.866. The third-order valence-electron chi connectivity index (χ3n) is 2.98. The van der Waals surface area contributed by atoms with Crippen LogP contribution in [-0.4, -0.2) is 16.0 Å². The van der Waals surface area contributed by atoms with Crippen molar-refractivity contribution in [3.63, 3.8) is 0 Å². The summed E-state index contributed by atoms with van der Waals surface area (Å²) in [5.74, 6) is 1.22. The van der Waals surface area contributed by atoms with Crippen LogP contribution in [0.3, 0.4) is 0 Å². The number of hydrogen-bond acceptors (Lipinski definition) is 5. The SMILES string of the molecule is CCCC[C@H](C)Nc1nc(N)nc2c(C)csc12. The Morgan fingerprint density at radius 3 is 2.94 bits per heavy atom. The van der Waals surface area contributed by atoms with Crippen molar-refractivity contribution in [2.45, 2.75) is 46.1 Å². The van der Waals surface area contributed by atoms with Gasteiger partial charge in [-0.1, -0.05) is 19.8 Å². The Morgan fingerprint density at radius 1 is 1.44 bits per heavy atom. The van der Waals surface area contributed by atoms with Crippen molar-refractivity contribution in [1.82, 2.24) is 9.97 Å². The molecule has 2 rings (SSSR count). The van der Waals surface area contributed by atoms with Gasteiger partial charge in [-0.3, -0.25) is 0 Å². The fourth-order valence-electron chi connectivity index (χ4n) is 1.96. The van der Waals surface area contributed by atoms with Crippen LogP contribution in [0.4, 0.5) is 11.8 Å². The van der Waals surface area contributed by atoms with Gasteiger partial charge >= 0.3 is 0 Å². The molecule has 0 saturated carbocycles. The van der Waals surface area contributed by atoms with E-state index in [1.807, 2.05) is 0 Å². The van der Waals surface area contributed by atoms with Gasteiger partial charge in [-0.15, -0.1) is 11.3 Å². The third-order valence-corrected chi connectivity index (χ3v) is 4.08. The van der Waals surface area contributed by atoms with E-state index in [0.717, 1.165) is 28.0 Å². The predicted molar refractivity (Wildman–Crippen MR) is 79.2 cm³/mol. The number of fused-ring (bicyclic) bond motifs is 1. The second-order valence-corrected chi connectivity index (χ2v) is 5.59. The zero-order valence-electron chi connectivity index (χ0n) is 11.2. The highest BCUT2D eigenvalue weighted by Crippen LogP contribution is 2.30. The maximum atomic E-state index is 5.77. The maximum absolute atomic E-state index is 5.77. The summed E-state index contributed by atoms with van der Waals surface area (Å²) in [6, 6.07) is 0.407. The Bertz CT molecular complexity index is 535. The Balaban J connectivity index is 2.27. The van der Waals surface area contributed by atoms with Gasteiger partial charge in [-0.25, -0.2) is 4.98 Å². The summed E-state index contributed by atoms with van der Waals surface area (Å²) >= 11 is 1.67. The van der Waals surface area contributed by atoms with Gasteiger partial charge in [0.2, 0.25) is 5.95 Å². The molecule has 0 aromatic carbocycles. The standard InChI is InChI=1S/C13H20N4S/c1-4-5-6-9(3)15-12-11-10(8(2)7-18-11)16-13(14)17-12/h7,9H,4-6H2,1-3H3,(H3,14,15,16,17)/t9-/m0/s1. The summed E-state index contributed by atoms with van der Waals surface area (Å²) in [6.45, 7) is 6.44. The van der Waals surface area contributed by atoms with E-state index in [1.54, 1.807) is 11.3 Å². The molecule has 1 atom stereocenters. The summed E-state index contributed by atoms with van der Waals surface area (Å²) in [5.41, 5.74) is 7.90. The molecule has 0 amide bonds. The summed E-state index contributed by atoms with van der Waals surface area (Å²) in [4.78, 5) is 8.63. The zero-order valence-corrected chi connectivity index (χ0v) is 12.0. The summed E-state index contributed by atoms with van der Waals surface area (Å²) in [6.07, 6.45) is 3.58. The topological polar surface area (TPSA) is 63.8 Å². The molecule has 0 aliphatic carbocycles. The van der Waals surface area contributed by atoms with E-state index in [1.165, 1.54) is 12.8 Å². The number of aryl methyl sites for hydroxylation is 1. The second kappa shape index (κ2) is 5.52. The molecule has 0 unspecified atom stereocenters. The molecule has 0 saturated heterocycles. The molecule has 0 fully saturated rings. The van der Waals surface area contributed by atoms with Gasteiger partial charge in [0.1, 0.15) is 5.82 Å². The maximum Gasteiger partial charge on any atom is 0.222 e. The van der Waals surface area contributed by atoms with Crippen LogP contribution in [0.25, 0.3) is 10.2 Å². The van der Waals surface area contributed by atoms with Gasteiger partial charge in [0.15, 0.2) is 0 Å². The number of rotatable bonds is 5. The van der Waals surface area contributed by atoms with E-state index < -0.39 is 0 Å². The molecule has 2 heterocycles. The lowest BCUT2D eigenvalue weighted by Gasteiger charge is -2.14. The molecule has 4 nitrogen and oxygen atoms in total. The van der Waals surface area contributed by atoms with Crippen molar-refractivity contribution in [3.8, 4) is 0 Å². The fourth-order valence-corrected chi connectivity index (χ4v) is 2.90. The number of nitrogens with one attached hydrogen (secondary N) is 1. The highest BCUT2D eigenvalue weighted by atomic mass is 32.1. The van der Waals surface area contributed by atoms with Crippen LogP contribution < -0.4 is 11.1 Å². The van der Waals surface area contributed by atoms with E-state index in [2.05, 4.69) is 41.4 Å². The summed E-state index contributed by atoms with van der Waals surface area (Å²) < 4.78 is 1.10. The largest absolute Gasteiger partial charge is 0.368 e. The molecular weight excluding hydrogens is 244 g/mol. The first-order chi connectivity index (χ1) is 8.61. The average molecular weight is 264 g/mol. The van der Waals surface area contributed by atoms with Gasteiger partial charge in [-0.05, 0) is 31.2 Å². The molecule has 5 heteroatoms. The Hall–Kier alpha value is -1.36. The lowest BCUT2D eigenvalue weighted by atomic mass is 10.1. The smallest absolute Gasteiger partial charge is 0.222 e. The normalized spacial score (nSPS) is 12.8. The van der Waals surface area contributed by atoms with Gasteiger partial charge in [0.25, 0.3) is 0 Å². The first-order valence-corrected chi connectivity index (χ1v) is 7.27. The van der Waals surface area contributed by atoms with Crippen molar-refractivity contribution < 1.29 is 0 Å². The minimum absolute atomic E-state index is 0.342. The number of thiophene rings is 1. The minimum Gasteiger partial charge on any atom is -0.368 e. The number of nitrogens with two attached hydrogens (primary N) is 1. The number of hydrogen-bond donors (Lipinski definition) is 2. The van der Waals surface area contributed by atoms with E-state index in [4.69, 9.17) is 5.73 Å². The lowest BCUT2D eigenvalue weighted by molar-refractivity contribution is 0.644. The monoisotopic (exact) mass is 264 g/mol. The minimum atomic E-state index is 0.342. The van der Waals surface area contributed by atoms with Crippen LogP contribution >= 0.6 is 11.3 Å². The number of nitrogen functional groups attached to an aromatic ring is 1. The molecule has 0 aliphatic rings. The Labute approximate surface area is 112 Å². The molecule has 98 valence electrons. The molecule has 0 bridgehead atoms. The van der Waals surface area contributed by atoms with Crippen molar-refractivity contribution in [3.05, 3.63) is 10.9 Å². The number of nitrogens with zero attached hydrogens (tertiary/aromatic N) is 2. The van der Waals surface area contributed by atoms with Gasteiger partial charge < -0.3 is 11.1 Å². The lowest BCUT2D eigenvalue weighted by Crippen LogP contribution is -2.16. The van der Waals surface area contributed by atoms with Crippen molar-refractivity contribution in [1.29, 1.82) is 0 Å². The highest BCUT2D eigenvalue weighted by molar-refractivity contribution is 7.18. The van der Waals surface area contributed by atoms with Crippen molar-refractivity contribution in [2.75, 3.05) is 11.1 Å². The molecule has 2 aromatic heterocycles. The van der Waals surface area contributed by atoms with Gasteiger partial charge in [0.05, 0.1) is 10.2 Å². The van der Waals surface area contributed by atoms with Gasteiger partial charge in [-0.2, -0.15) is 4.98 Å². The summed E-state index contributed by atoms with van der Waals surface area (Å²) in [7, 11) is 0. The first-order valence-electron chi connectivity index (χ1n) is 6.39. The van der Waals surface area contributed by atoms with Crippen LogP contribution in [0, 0.1) is 6.92 Å². The van der Waals surface area contributed by atoms with E-state index >= 15 is 0 Å². The van der Waals surface area contributed by atoms with E-state index in [9.17, 15) is 0 Å². The summed E-state index contributed by atoms with van der Waals surface area (Å²) in [5, 5.41) is 5.55. The molecule has 0 spiro atoms. The van der Waals surface area contributed by atoms with E-state index in [0.29, 0.717) is 12.0 Å². The van der Waals surface area contributed by atoms with Crippen LogP contribution in [0.15, 0.2) is 5.38 Å². The molecular formula is C13H20N4S. The average Bonchev–Trinajstić information content (AvgIpc) is 2.69. The molecule has 3 N–H and O–H groups in total. The zero-order chi connectivity index (χ0) is 13.1. The first kappa shape index (κ1) is 13.1. The molecule has 0 radical (unpaired) electrons. The number of aromatic nitrogens is 2. The van der Waals surface area contributed by atoms with Crippen LogP contribution in [0.1, 0.15) is 38.7 Å². The molecule has 0 aliphatic heterocycles. The van der Waals surface area contributed by atoms with Crippen molar-refractivity contribution >= 4 is 33.3 Å². The van der Waals surface area contributed by atoms with E-state index in [-0.39, 0.29) is 0 Å². The van der Waals surface area contributed by atoms with Crippen LogP contribution in [-0.2, 0) is 0 Å². The number of anilines is 2. The van der Waals surface area contributed by atoms with Crippen LogP contribution in [0.2, 0.25) is 0 Å². The predicted octanol–water partition coefficient (Wildman–Crippen LogP) is 3.57. The van der Waals surface area contributed by atoms with Crippen LogP contribution in [0.5, 0.6) is 0 Å².